The molecule has 0 radical (unpaired) electrons. The summed E-state index contributed by atoms with van der Waals surface area (Å²) in [4.78, 5) is 2.10. The Kier molecular flexibility index (Phi) is 6.85. The number of nitrogen functional groups attached to an aromatic ring is 1. The van der Waals surface area contributed by atoms with Crippen LogP contribution in [0.5, 0.6) is 0 Å². The van der Waals surface area contributed by atoms with Gasteiger partial charge in [-0.25, -0.2) is 4.39 Å². The normalized spacial score (nSPS) is 10.0. The number of hydrogen-bond acceptors (Lipinski definition) is 3. The van der Waals surface area contributed by atoms with Crippen molar-refractivity contribution in [3.63, 3.8) is 0 Å². The molecule has 3 nitrogen and oxygen atoms in total. The van der Waals surface area contributed by atoms with Gasteiger partial charge in [-0.05, 0) is 45.3 Å². The summed E-state index contributed by atoms with van der Waals surface area (Å²) in [6.45, 7) is 1.75. The van der Waals surface area contributed by atoms with Gasteiger partial charge >= 0.3 is 0 Å². The van der Waals surface area contributed by atoms with Crippen molar-refractivity contribution < 1.29 is 4.39 Å². The van der Waals surface area contributed by atoms with Crippen molar-refractivity contribution in [3.8, 4) is 0 Å². The van der Waals surface area contributed by atoms with Crippen LogP contribution < -0.4 is 11.1 Å². The molecule has 0 aliphatic heterocycles. The maximum Gasteiger partial charge on any atom is 0.148 e. The van der Waals surface area contributed by atoms with Crippen LogP contribution in [0.15, 0.2) is 18.2 Å². The lowest BCUT2D eigenvalue weighted by Crippen LogP contribution is -2.16. The maximum atomic E-state index is 13.3. The van der Waals surface area contributed by atoms with Crippen LogP contribution in [0, 0.1) is 5.82 Å². The smallest absolute Gasteiger partial charge is 0.148 e. The van der Waals surface area contributed by atoms with Crippen LogP contribution in [0.3, 0.4) is 0 Å². The lowest BCUT2D eigenvalue weighted by molar-refractivity contribution is 0.405. The van der Waals surface area contributed by atoms with E-state index in [1.165, 1.54) is 6.07 Å². The molecule has 0 spiro atoms. The molecule has 0 saturated carbocycles. The minimum absolute atomic E-state index is 0. The van der Waals surface area contributed by atoms with E-state index in [2.05, 4.69) is 10.2 Å². The number of rotatable bonds is 5. The monoisotopic (exact) mass is 247 g/mol. The van der Waals surface area contributed by atoms with Crippen molar-refractivity contribution in [2.24, 2.45) is 0 Å². The van der Waals surface area contributed by atoms with E-state index in [0.717, 1.165) is 19.5 Å². The highest BCUT2D eigenvalue weighted by atomic mass is 35.5. The Labute approximate surface area is 102 Å². The minimum Gasteiger partial charge on any atom is -0.399 e. The van der Waals surface area contributed by atoms with Crippen LogP contribution in [-0.2, 0) is 0 Å². The van der Waals surface area contributed by atoms with Crippen molar-refractivity contribution in [2.75, 3.05) is 38.2 Å². The van der Waals surface area contributed by atoms with Gasteiger partial charge in [0.1, 0.15) is 5.82 Å². The average Bonchev–Trinajstić information content (AvgIpc) is 2.14. The summed E-state index contributed by atoms with van der Waals surface area (Å²) in [7, 11) is 4.04. The quantitative estimate of drug-likeness (QED) is 0.619. The number of nitrogens with two attached hydrogens (primary N) is 1. The van der Waals surface area contributed by atoms with E-state index in [-0.39, 0.29) is 18.2 Å². The van der Waals surface area contributed by atoms with Crippen molar-refractivity contribution in [2.45, 2.75) is 6.42 Å². The molecule has 0 saturated heterocycles. The summed E-state index contributed by atoms with van der Waals surface area (Å²) < 4.78 is 13.3. The van der Waals surface area contributed by atoms with Gasteiger partial charge in [-0.1, -0.05) is 0 Å². The molecule has 0 unspecified atom stereocenters. The molecule has 3 N–H and O–H groups in total. The maximum absolute atomic E-state index is 13.3. The van der Waals surface area contributed by atoms with Crippen LogP contribution in [0.1, 0.15) is 6.42 Å². The molecule has 0 amide bonds. The summed E-state index contributed by atoms with van der Waals surface area (Å²) in [6, 6.07) is 4.69. The van der Waals surface area contributed by atoms with Gasteiger partial charge in [0, 0.05) is 12.2 Å². The summed E-state index contributed by atoms with van der Waals surface area (Å²) >= 11 is 0. The molecule has 1 rings (SSSR count). The van der Waals surface area contributed by atoms with Gasteiger partial charge in [-0.2, -0.15) is 0 Å². The van der Waals surface area contributed by atoms with Crippen LogP contribution in [0.2, 0.25) is 0 Å². The number of hydrogen-bond donors (Lipinski definition) is 2. The second-order valence-electron chi connectivity index (χ2n) is 3.82. The number of anilines is 2. The van der Waals surface area contributed by atoms with Crippen LogP contribution in [-0.4, -0.2) is 32.1 Å². The fraction of sp³-hybridized carbons (Fsp3) is 0.455. The molecular formula is C11H19ClFN3. The molecule has 1 aromatic rings. The number of benzene rings is 1. The van der Waals surface area contributed by atoms with Crippen molar-refractivity contribution >= 4 is 23.8 Å². The van der Waals surface area contributed by atoms with E-state index < -0.39 is 0 Å². The largest absolute Gasteiger partial charge is 0.399 e. The zero-order valence-corrected chi connectivity index (χ0v) is 10.5. The summed E-state index contributed by atoms with van der Waals surface area (Å²) in [5, 5.41) is 3.04. The minimum atomic E-state index is -0.292. The third-order valence-electron chi connectivity index (χ3n) is 2.09. The predicted molar refractivity (Wildman–Crippen MR) is 69.7 cm³/mol. The number of nitrogens with one attached hydrogen (secondary N) is 1. The van der Waals surface area contributed by atoms with E-state index in [0.29, 0.717) is 11.4 Å². The Bertz CT molecular complexity index is 318. The topological polar surface area (TPSA) is 41.3 Å². The molecule has 0 bridgehead atoms. The third-order valence-corrected chi connectivity index (χ3v) is 2.09. The molecule has 0 fully saturated rings. The third kappa shape index (κ3) is 5.19. The van der Waals surface area contributed by atoms with E-state index in [4.69, 9.17) is 5.73 Å². The first-order valence-corrected chi connectivity index (χ1v) is 5.03. The van der Waals surface area contributed by atoms with Gasteiger partial charge in [0.15, 0.2) is 0 Å². The molecule has 16 heavy (non-hydrogen) atoms. The second-order valence-corrected chi connectivity index (χ2v) is 3.82. The summed E-state index contributed by atoms with van der Waals surface area (Å²) in [5.74, 6) is -0.292. The number of halogens is 2. The van der Waals surface area contributed by atoms with Crippen LogP contribution >= 0.6 is 12.4 Å². The Morgan fingerprint density at radius 2 is 2.06 bits per heavy atom. The van der Waals surface area contributed by atoms with Gasteiger partial charge < -0.3 is 16.0 Å². The van der Waals surface area contributed by atoms with E-state index in [9.17, 15) is 4.39 Å². The molecule has 0 atom stereocenters. The molecule has 5 heteroatoms. The van der Waals surface area contributed by atoms with E-state index in [1.807, 2.05) is 14.1 Å². The van der Waals surface area contributed by atoms with E-state index in [1.54, 1.807) is 12.1 Å². The Morgan fingerprint density at radius 1 is 1.38 bits per heavy atom. The predicted octanol–water partition coefficient (Wildman–Crippen LogP) is 2.19. The zero-order chi connectivity index (χ0) is 11.3. The Morgan fingerprint density at radius 3 is 2.62 bits per heavy atom. The molecule has 1 aromatic carbocycles. The lowest BCUT2D eigenvalue weighted by Gasteiger charge is -2.11. The molecule has 0 heterocycles. The van der Waals surface area contributed by atoms with Crippen molar-refractivity contribution in [1.29, 1.82) is 0 Å². The standard InChI is InChI=1S/C11H18FN3.ClH/c1-15(2)7-3-6-14-11-5-4-9(13)8-10(11)12;/h4-5,8,14H,3,6-7,13H2,1-2H3;1H. The zero-order valence-electron chi connectivity index (χ0n) is 9.66. The summed E-state index contributed by atoms with van der Waals surface area (Å²) in [6.07, 6.45) is 0.983. The van der Waals surface area contributed by atoms with Gasteiger partial charge in [0.05, 0.1) is 5.69 Å². The molecule has 0 aliphatic carbocycles. The van der Waals surface area contributed by atoms with E-state index >= 15 is 0 Å². The van der Waals surface area contributed by atoms with Gasteiger partial charge in [0.25, 0.3) is 0 Å². The first kappa shape index (κ1) is 15.0. The summed E-state index contributed by atoms with van der Waals surface area (Å²) in [5.41, 5.74) is 6.41. The van der Waals surface area contributed by atoms with Crippen molar-refractivity contribution in [3.05, 3.63) is 24.0 Å². The highest BCUT2D eigenvalue weighted by Gasteiger charge is 2.00. The van der Waals surface area contributed by atoms with Crippen molar-refractivity contribution in [1.82, 2.24) is 4.90 Å². The fourth-order valence-corrected chi connectivity index (χ4v) is 1.29. The fourth-order valence-electron chi connectivity index (χ4n) is 1.29. The molecule has 92 valence electrons. The first-order valence-electron chi connectivity index (χ1n) is 5.03. The van der Waals surface area contributed by atoms with Crippen LogP contribution in [0.4, 0.5) is 15.8 Å². The first-order chi connectivity index (χ1) is 7.09. The second kappa shape index (κ2) is 7.30. The molecule has 0 aromatic heterocycles. The van der Waals surface area contributed by atoms with Gasteiger partial charge in [-0.15, -0.1) is 12.4 Å². The van der Waals surface area contributed by atoms with Gasteiger partial charge in [-0.3, -0.25) is 0 Å². The Hall–Kier alpha value is -1.000. The van der Waals surface area contributed by atoms with Gasteiger partial charge in [0.2, 0.25) is 0 Å². The molecular weight excluding hydrogens is 229 g/mol. The van der Waals surface area contributed by atoms with Crippen LogP contribution in [0.25, 0.3) is 0 Å². The lowest BCUT2D eigenvalue weighted by atomic mass is 10.2. The highest BCUT2D eigenvalue weighted by molar-refractivity contribution is 5.85. The SMILES string of the molecule is CN(C)CCCNc1ccc(N)cc1F.Cl. The Balaban J connectivity index is 0.00000225. The highest BCUT2D eigenvalue weighted by Crippen LogP contribution is 2.16. The number of nitrogens with zero attached hydrogens (tertiary/aromatic N) is 1. The molecule has 0 aliphatic rings. The average molecular weight is 248 g/mol.